The molecule has 19 heteroatoms. The van der Waals surface area contributed by atoms with Crippen LogP contribution < -0.4 is 80.6 Å². The fourth-order valence-corrected chi connectivity index (χ4v) is 5.67. The van der Waals surface area contributed by atoms with E-state index < -0.39 is 55.5 Å². The van der Waals surface area contributed by atoms with Crippen molar-refractivity contribution in [1.29, 1.82) is 0 Å². The summed E-state index contributed by atoms with van der Waals surface area (Å²) in [6, 6.07) is 27.1. The van der Waals surface area contributed by atoms with Crippen LogP contribution in [0.5, 0.6) is 11.5 Å². The Bertz CT molecular complexity index is 2620. The SMILES string of the molecule is Nc1ccc(C(=O)Nc2ccc3c(O)c(N=Nc4ccc(NC(=O)c5ccc(N=Nc6ccc(O)c(C(=O)[O-])c6)cc5)cc4)c(S(=O)(=O)[O-])cc3c2)cc1.[Na+].[Na+]. The van der Waals surface area contributed by atoms with Gasteiger partial charge in [-0.2, -0.15) is 15.3 Å². The van der Waals surface area contributed by atoms with Crippen molar-refractivity contribution in [2.75, 3.05) is 16.4 Å². The first-order valence-corrected chi connectivity index (χ1v) is 17.0. The number of amides is 2. The maximum atomic E-state index is 12.8. The van der Waals surface area contributed by atoms with Crippen molar-refractivity contribution in [2.24, 2.45) is 20.5 Å². The number of carbonyl (C=O) groups is 3. The van der Waals surface area contributed by atoms with Gasteiger partial charge in [-0.3, -0.25) is 9.59 Å². The number of aromatic hydroxyl groups is 2. The number of carboxylic acid groups (broad SMARTS) is 1. The Morgan fingerprint density at radius 3 is 1.71 bits per heavy atom. The molecule has 0 aliphatic rings. The summed E-state index contributed by atoms with van der Waals surface area (Å²) in [5.74, 6) is -3.59. The van der Waals surface area contributed by atoms with Crippen molar-refractivity contribution >= 4 is 78.5 Å². The molecule has 0 saturated heterocycles. The molecule has 6 aromatic carbocycles. The van der Waals surface area contributed by atoms with Gasteiger partial charge in [0.2, 0.25) is 0 Å². The molecule has 56 heavy (non-hydrogen) atoms. The van der Waals surface area contributed by atoms with Crippen LogP contribution in [0.4, 0.5) is 39.8 Å². The molecule has 0 unspecified atom stereocenters. The Balaban J connectivity index is 0.00000348. The summed E-state index contributed by atoms with van der Waals surface area (Å²) >= 11 is 0. The zero-order valence-electron chi connectivity index (χ0n) is 29.5. The molecule has 6 aromatic rings. The van der Waals surface area contributed by atoms with Gasteiger partial charge < -0.3 is 41.0 Å². The molecule has 6 N–H and O–H groups in total. The maximum absolute atomic E-state index is 12.8. The number of rotatable bonds is 10. The topological polar surface area (TPSA) is 271 Å². The fraction of sp³-hybridized carbons (Fsp3) is 0. The van der Waals surface area contributed by atoms with Crippen molar-refractivity contribution in [3.63, 3.8) is 0 Å². The molecule has 0 aliphatic carbocycles. The smallest absolute Gasteiger partial charge is 0.744 e. The van der Waals surface area contributed by atoms with Crippen LogP contribution in [0.25, 0.3) is 10.8 Å². The van der Waals surface area contributed by atoms with Crippen molar-refractivity contribution in [3.05, 3.63) is 132 Å². The van der Waals surface area contributed by atoms with Gasteiger partial charge in [0.25, 0.3) is 11.8 Å². The summed E-state index contributed by atoms with van der Waals surface area (Å²) in [6.07, 6.45) is 0. The van der Waals surface area contributed by atoms with Gasteiger partial charge in [-0.05, 0) is 121 Å². The number of carbonyl (C=O) groups excluding carboxylic acids is 3. The summed E-state index contributed by atoms with van der Waals surface area (Å²) < 4.78 is 36.7. The van der Waals surface area contributed by atoms with Crippen LogP contribution in [-0.4, -0.2) is 41.0 Å². The van der Waals surface area contributed by atoms with E-state index in [1.54, 1.807) is 12.1 Å². The van der Waals surface area contributed by atoms with Gasteiger partial charge in [-0.25, -0.2) is 8.42 Å². The Morgan fingerprint density at radius 1 is 0.625 bits per heavy atom. The van der Waals surface area contributed by atoms with E-state index in [0.717, 1.165) is 18.2 Å². The predicted octanol–water partition coefficient (Wildman–Crippen LogP) is 0.444. The summed E-state index contributed by atoms with van der Waals surface area (Å²) in [5.41, 5.74) is 7.07. The number of aromatic carboxylic acids is 1. The molecule has 0 aliphatic heterocycles. The molecular weight excluding hydrogens is 764 g/mol. The fourth-order valence-electron chi connectivity index (χ4n) is 5.02. The van der Waals surface area contributed by atoms with E-state index in [1.165, 1.54) is 84.9 Å². The minimum Gasteiger partial charge on any atom is -0.744 e. The van der Waals surface area contributed by atoms with Crippen LogP contribution in [0.1, 0.15) is 31.1 Å². The monoisotopic (exact) mass is 789 g/mol. The van der Waals surface area contributed by atoms with E-state index in [2.05, 4.69) is 31.1 Å². The second-order valence-electron chi connectivity index (χ2n) is 11.5. The minimum atomic E-state index is -5.16. The normalized spacial score (nSPS) is 11.2. The number of benzene rings is 6. The molecule has 6 rings (SSSR count). The molecule has 0 atom stereocenters. The molecule has 0 spiro atoms. The van der Waals surface area contributed by atoms with Crippen molar-refractivity contribution in [1.82, 2.24) is 0 Å². The first-order valence-electron chi connectivity index (χ1n) is 15.6. The number of phenols is 2. The Labute approximate surface area is 362 Å². The quantitative estimate of drug-likeness (QED) is 0.0553. The molecule has 0 aromatic heterocycles. The summed E-state index contributed by atoms with van der Waals surface area (Å²) in [6.45, 7) is 0. The number of nitrogens with two attached hydrogens (primary N) is 1. The number of anilines is 3. The number of carboxylic acids is 1. The molecular formula is C37H25N7Na2O9S. The van der Waals surface area contributed by atoms with Crippen LogP contribution in [0, 0.1) is 0 Å². The van der Waals surface area contributed by atoms with Gasteiger partial charge in [-0.15, -0.1) is 5.11 Å². The van der Waals surface area contributed by atoms with E-state index in [0.29, 0.717) is 22.6 Å². The molecule has 0 heterocycles. The number of nitrogen functional groups attached to an aromatic ring is 1. The molecule has 0 radical (unpaired) electrons. The summed E-state index contributed by atoms with van der Waals surface area (Å²) in [7, 11) is -5.16. The summed E-state index contributed by atoms with van der Waals surface area (Å²) in [5, 5.41) is 53.1. The standard InChI is InChI=1S/C37H27N7O9S.2Na/c38-23-5-1-20(2-6-23)36(48)40-27-13-15-29-22(17-27)18-32(54(51,52)53)33(34(29)46)44-42-26-11-9-24(10-12-26)39-35(47)21-3-7-25(8-4-21)41-43-28-14-16-31(45)30(19-28)37(49)50;;/h1-19,45-46H,38H2,(H,39,47)(H,40,48)(H,49,50)(H,51,52,53);;/q;2*+1/p-2. The number of phenolic OH excluding ortho intramolecular Hbond substituents is 1. The number of nitrogens with zero attached hydrogens (tertiary/aromatic N) is 4. The molecule has 16 nitrogen and oxygen atoms in total. The van der Waals surface area contributed by atoms with Crippen molar-refractivity contribution in [2.45, 2.75) is 4.90 Å². The van der Waals surface area contributed by atoms with Crippen LogP contribution >= 0.6 is 0 Å². The number of hydrogen-bond acceptors (Lipinski definition) is 14. The Hall–Kier alpha value is -5.50. The van der Waals surface area contributed by atoms with E-state index in [4.69, 9.17) is 5.73 Å². The third-order valence-electron chi connectivity index (χ3n) is 7.75. The Kier molecular flexibility index (Phi) is 14.2. The molecule has 0 saturated carbocycles. The molecule has 0 bridgehead atoms. The number of hydrogen-bond donors (Lipinski definition) is 5. The van der Waals surface area contributed by atoms with E-state index in [1.807, 2.05) is 0 Å². The average molecular weight is 790 g/mol. The van der Waals surface area contributed by atoms with Gasteiger partial charge in [0.05, 0.1) is 27.9 Å². The first kappa shape index (κ1) is 43.2. The van der Waals surface area contributed by atoms with Gasteiger partial charge in [0, 0.05) is 39.1 Å². The van der Waals surface area contributed by atoms with E-state index in [9.17, 15) is 42.7 Å². The zero-order valence-corrected chi connectivity index (χ0v) is 34.3. The second-order valence-corrected chi connectivity index (χ2v) is 12.8. The minimum absolute atomic E-state index is 0. The van der Waals surface area contributed by atoms with Crippen molar-refractivity contribution in [3.8, 4) is 11.5 Å². The number of nitrogens with one attached hydrogen (secondary N) is 2. The van der Waals surface area contributed by atoms with Crippen LogP contribution in [0.2, 0.25) is 0 Å². The van der Waals surface area contributed by atoms with Crippen LogP contribution in [-0.2, 0) is 10.1 Å². The second kappa shape index (κ2) is 18.4. The van der Waals surface area contributed by atoms with Gasteiger partial charge >= 0.3 is 59.1 Å². The largest absolute Gasteiger partial charge is 1.00 e. The first-order chi connectivity index (χ1) is 25.7. The van der Waals surface area contributed by atoms with Gasteiger partial charge in [0.15, 0.2) is 5.75 Å². The number of azo groups is 2. The molecule has 270 valence electrons. The van der Waals surface area contributed by atoms with E-state index in [-0.39, 0.29) is 92.5 Å². The van der Waals surface area contributed by atoms with E-state index >= 15 is 0 Å². The van der Waals surface area contributed by atoms with Gasteiger partial charge in [0.1, 0.15) is 21.6 Å². The molecule has 0 fully saturated rings. The third-order valence-corrected chi connectivity index (χ3v) is 8.60. The van der Waals surface area contributed by atoms with Crippen LogP contribution in [0.3, 0.4) is 0 Å². The Morgan fingerprint density at radius 2 is 1.12 bits per heavy atom. The maximum Gasteiger partial charge on any atom is 1.00 e. The summed E-state index contributed by atoms with van der Waals surface area (Å²) in [4.78, 5) is 35.7. The zero-order chi connectivity index (χ0) is 38.6. The number of fused-ring (bicyclic) bond motifs is 1. The van der Waals surface area contributed by atoms with Crippen LogP contribution in [0.15, 0.2) is 141 Å². The van der Waals surface area contributed by atoms with Crippen molar-refractivity contribution < 1.29 is 102 Å². The predicted molar refractivity (Wildman–Crippen MR) is 194 cm³/mol. The average Bonchev–Trinajstić information content (AvgIpc) is 3.14. The third kappa shape index (κ3) is 10.4. The molecule has 2 amide bonds. The van der Waals surface area contributed by atoms with Gasteiger partial charge in [-0.1, -0.05) is 0 Å².